The van der Waals surface area contributed by atoms with Crippen LogP contribution in [0.1, 0.15) is 104 Å². The molecule has 0 aliphatic heterocycles. The topological polar surface area (TPSA) is 156 Å². The number of rotatable bonds is 14. The fraction of sp³-hybridized carbons (Fsp3) is 0.649. The third-order valence-electron chi connectivity index (χ3n) is 10.9. The SMILES string of the molecule is CCn1ncc(C(C(=O)Nc2cc(N)c(-c3c(C)nn(COCC[Si](C)(C)C)c3C)c(F)n2)C(C2CCCCC2)C2CCCCC2)c1C(N)=O. The summed E-state index contributed by atoms with van der Waals surface area (Å²) in [6.45, 7) is 13.8. The summed E-state index contributed by atoms with van der Waals surface area (Å²) in [6, 6.07) is 2.54. The van der Waals surface area contributed by atoms with E-state index in [2.05, 4.69) is 40.1 Å². The van der Waals surface area contributed by atoms with E-state index in [0.29, 0.717) is 41.8 Å². The van der Waals surface area contributed by atoms with E-state index in [1.165, 1.54) is 18.9 Å². The van der Waals surface area contributed by atoms with Gasteiger partial charge in [-0.05, 0) is 44.6 Å². The Kier molecular flexibility index (Phi) is 12.2. The molecular weight excluding hydrogens is 652 g/mol. The average Bonchev–Trinajstić information content (AvgIpc) is 3.62. The maximum Gasteiger partial charge on any atom is 0.267 e. The Morgan fingerprint density at radius 1 is 1.02 bits per heavy atom. The first-order valence-corrected chi connectivity index (χ1v) is 22.3. The van der Waals surface area contributed by atoms with Gasteiger partial charge in [-0.2, -0.15) is 14.6 Å². The number of amides is 2. The molecule has 0 radical (unpaired) electrons. The lowest BCUT2D eigenvalue weighted by Crippen LogP contribution is -2.39. The summed E-state index contributed by atoms with van der Waals surface area (Å²) in [7, 11) is -1.24. The molecule has 3 heterocycles. The van der Waals surface area contributed by atoms with Crippen LogP contribution in [0, 0.1) is 37.5 Å². The number of anilines is 2. The molecule has 2 saturated carbocycles. The van der Waals surface area contributed by atoms with Crippen molar-refractivity contribution in [3.8, 4) is 11.1 Å². The van der Waals surface area contributed by atoms with E-state index in [9.17, 15) is 9.59 Å². The van der Waals surface area contributed by atoms with Crippen LogP contribution in [0.4, 0.5) is 15.9 Å². The van der Waals surface area contributed by atoms with Gasteiger partial charge in [0.15, 0.2) is 0 Å². The van der Waals surface area contributed by atoms with Gasteiger partial charge in [0, 0.05) is 49.8 Å². The molecular formula is C37H57FN8O3Si. The van der Waals surface area contributed by atoms with Crippen molar-refractivity contribution < 1.29 is 18.7 Å². The van der Waals surface area contributed by atoms with Crippen LogP contribution in [-0.4, -0.2) is 51.0 Å². The van der Waals surface area contributed by atoms with Crippen molar-refractivity contribution >= 4 is 31.4 Å². The molecule has 0 bridgehead atoms. The molecule has 2 fully saturated rings. The molecule has 5 rings (SSSR count). The van der Waals surface area contributed by atoms with Gasteiger partial charge in [-0.3, -0.25) is 14.3 Å². The zero-order valence-electron chi connectivity index (χ0n) is 30.9. The van der Waals surface area contributed by atoms with Gasteiger partial charge < -0.3 is 21.5 Å². The van der Waals surface area contributed by atoms with Crippen LogP contribution >= 0.6 is 0 Å². The second-order valence-electron chi connectivity index (χ2n) is 15.6. The molecule has 13 heteroatoms. The Balaban J connectivity index is 1.48. The van der Waals surface area contributed by atoms with Crippen LogP contribution in [0.25, 0.3) is 11.1 Å². The minimum Gasteiger partial charge on any atom is -0.398 e. The molecule has 3 aromatic rings. The molecule has 2 amide bonds. The number of ether oxygens (including phenoxy) is 1. The number of carbonyl (C=O) groups excluding carboxylic acids is 2. The minimum absolute atomic E-state index is 0.0191. The number of nitrogens with zero attached hydrogens (tertiary/aromatic N) is 5. The molecule has 11 nitrogen and oxygen atoms in total. The summed E-state index contributed by atoms with van der Waals surface area (Å²) < 4.78 is 25.3. The number of halogens is 1. The quantitative estimate of drug-likeness (QED) is 0.0895. The fourth-order valence-corrected chi connectivity index (χ4v) is 9.15. The number of aromatic nitrogens is 5. The van der Waals surface area contributed by atoms with Crippen molar-refractivity contribution in [2.24, 2.45) is 23.5 Å². The zero-order chi connectivity index (χ0) is 36.2. The second-order valence-corrected chi connectivity index (χ2v) is 21.2. The highest BCUT2D eigenvalue weighted by Crippen LogP contribution is 2.48. The predicted octanol–water partition coefficient (Wildman–Crippen LogP) is 7.41. The maximum absolute atomic E-state index is 16.1. The number of hydrogen-bond acceptors (Lipinski definition) is 7. The Morgan fingerprint density at radius 3 is 2.18 bits per heavy atom. The lowest BCUT2D eigenvalue weighted by molar-refractivity contribution is -0.120. The molecule has 1 unspecified atom stereocenters. The van der Waals surface area contributed by atoms with Crippen molar-refractivity contribution in [1.82, 2.24) is 24.5 Å². The number of aryl methyl sites for hydroxylation is 2. The molecule has 0 spiro atoms. The van der Waals surface area contributed by atoms with Gasteiger partial charge in [-0.15, -0.1) is 0 Å². The largest absolute Gasteiger partial charge is 0.398 e. The lowest BCUT2D eigenvalue weighted by atomic mass is 9.63. The first kappa shape index (κ1) is 37.7. The van der Waals surface area contributed by atoms with Gasteiger partial charge in [-0.1, -0.05) is 83.8 Å². The fourth-order valence-electron chi connectivity index (χ4n) is 8.39. The summed E-state index contributed by atoms with van der Waals surface area (Å²) in [5, 5.41) is 12.0. The molecule has 50 heavy (non-hydrogen) atoms. The normalized spacial score (nSPS) is 17.0. The first-order chi connectivity index (χ1) is 23.8. The van der Waals surface area contributed by atoms with Crippen LogP contribution in [0.15, 0.2) is 12.3 Å². The highest BCUT2D eigenvalue weighted by atomic mass is 28.3. The van der Waals surface area contributed by atoms with Crippen LogP contribution in [0.3, 0.4) is 0 Å². The molecule has 3 aromatic heterocycles. The van der Waals surface area contributed by atoms with Crippen molar-refractivity contribution in [3.63, 3.8) is 0 Å². The Morgan fingerprint density at radius 2 is 1.64 bits per heavy atom. The van der Waals surface area contributed by atoms with E-state index in [1.54, 1.807) is 15.6 Å². The van der Waals surface area contributed by atoms with E-state index in [0.717, 1.165) is 63.1 Å². The van der Waals surface area contributed by atoms with Crippen molar-refractivity contribution in [3.05, 3.63) is 40.9 Å². The molecule has 1 atom stereocenters. The minimum atomic E-state index is -1.24. The van der Waals surface area contributed by atoms with Crippen LogP contribution in [0.5, 0.6) is 0 Å². The molecule has 0 aromatic carbocycles. The molecule has 2 aliphatic rings. The number of pyridine rings is 1. The Bertz CT molecular complexity index is 1610. The van der Waals surface area contributed by atoms with E-state index < -0.39 is 25.8 Å². The summed E-state index contributed by atoms with van der Waals surface area (Å²) in [4.78, 5) is 31.8. The first-order valence-electron chi connectivity index (χ1n) is 18.5. The van der Waals surface area contributed by atoms with Gasteiger partial charge >= 0.3 is 0 Å². The van der Waals surface area contributed by atoms with Crippen molar-refractivity contribution in [2.45, 2.75) is 130 Å². The Hall–Kier alpha value is -3.58. The van der Waals surface area contributed by atoms with E-state index in [-0.39, 0.29) is 41.3 Å². The van der Waals surface area contributed by atoms with Gasteiger partial charge in [0.2, 0.25) is 11.9 Å². The maximum atomic E-state index is 16.1. The van der Waals surface area contributed by atoms with Crippen molar-refractivity contribution in [1.29, 1.82) is 0 Å². The smallest absolute Gasteiger partial charge is 0.267 e. The molecule has 5 N–H and O–H groups in total. The summed E-state index contributed by atoms with van der Waals surface area (Å²) in [6.07, 6.45) is 12.6. The van der Waals surface area contributed by atoms with E-state index in [4.69, 9.17) is 16.2 Å². The zero-order valence-corrected chi connectivity index (χ0v) is 31.9. The standard InChI is InChI=1S/C37H57FN8O3Si/c1-7-45-34(36(40)47)27(21-41-45)32(31(25-14-10-8-11-15-25)26-16-12-9-13-17-26)37(48)43-29-20-28(39)33(35(38)42-29)30-23(2)44-46(24(30)3)22-49-18-19-50(4,5)6/h20-21,25-26,31-32H,7-19,22H2,1-6H3,(H2,40,47)(H3,39,42,43,48). The number of primary amides is 1. The summed E-state index contributed by atoms with van der Waals surface area (Å²) in [5.41, 5.74) is 15.5. The van der Waals surface area contributed by atoms with E-state index in [1.807, 2.05) is 20.8 Å². The van der Waals surface area contributed by atoms with E-state index >= 15 is 4.39 Å². The van der Waals surface area contributed by atoms with Gasteiger partial charge in [0.1, 0.15) is 18.2 Å². The van der Waals surface area contributed by atoms with Gasteiger partial charge in [0.05, 0.1) is 23.4 Å². The number of nitrogens with one attached hydrogen (secondary N) is 1. The van der Waals surface area contributed by atoms with Crippen LogP contribution in [-0.2, 0) is 22.8 Å². The number of hydrogen-bond donors (Lipinski definition) is 3. The summed E-state index contributed by atoms with van der Waals surface area (Å²) in [5.74, 6) is -1.85. The summed E-state index contributed by atoms with van der Waals surface area (Å²) >= 11 is 0. The van der Waals surface area contributed by atoms with Gasteiger partial charge in [0.25, 0.3) is 5.91 Å². The molecule has 0 saturated heterocycles. The number of carbonyl (C=O) groups is 2. The third-order valence-corrected chi connectivity index (χ3v) is 12.6. The number of nitrogens with two attached hydrogens (primary N) is 2. The molecule has 2 aliphatic carbocycles. The highest BCUT2D eigenvalue weighted by Gasteiger charge is 2.43. The molecule has 274 valence electrons. The monoisotopic (exact) mass is 708 g/mol. The lowest BCUT2D eigenvalue weighted by Gasteiger charge is -2.41. The average molecular weight is 709 g/mol. The second kappa shape index (κ2) is 16.2. The van der Waals surface area contributed by atoms with Crippen LogP contribution < -0.4 is 16.8 Å². The van der Waals surface area contributed by atoms with Crippen molar-refractivity contribution in [2.75, 3.05) is 17.7 Å². The predicted molar refractivity (Wildman–Crippen MR) is 198 cm³/mol. The number of nitrogen functional groups attached to an aromatic ring is 1. The highest BCUT2D eigenvalue weighted by molar-refractivity contribution is 6.76. The Labute approximate surface area is 297 Å². The van der Waals surface area contributed by atoms with Gasteiger partial charge in [-0.25, -0.2) is 9.67 Å². The van der Waals surface area contributed by atoms with Crippen LogP contribution in [0.2, 0.25) is 25.7 Å². The third kappa shape index (κ3) is 8.47.